The monoisotopic (exact) mass is 327 g/mol. The molecule has 1 atom stereocenters. The van der Waals surface area contributed by atoms with Crippen molar-refractivity contribution < 1.29 is 14.6 Å². The highest BCUT2D eigenvalue weighted by Gasteiger charge is 2.27. The molecule has 24 heavy (non-hydrogen) atoms. The molecule has 0 aliphatic carbocycles. The molecule has 3 rings (SSSR count). The fourth-order valence-corrected chi connectivity index (χ4v) is 3.07. The van der Waals surface area contributed by atoms with E-state index in [0.717, 1.165) is 37.3 Å². The van der Waals surface area contributed by atoms with Crippen LogP contribution in [0.5, 0.6) is 0 Å². The molecule has 1 aliphatic heterocycles. The van der Waals surface area contributed by atoms with Crippen LogP contribution >= 0.6 is 0 Å². The Balaban J connectivity index is 1.60. The fraction of sp³-hybridized carbons (Fsp3) is 0.389. The van der Waals surface area contributed by atoms with E-state index in [1.54, 1.807) is 12.1 Å². The van der Waals surface area contributed by atoms with Crippen molar-refractivity contribution in [2.75, 3.05) is 25.1 Å². The fourth-order valence-electron chi connectivity index (χ4n) is 3.07. The Morgan fingerprint density at radius 3 is 2.46 bits per heavy atom. The summed E-state index contributed by atoms with van der Waals surface area (Å²) in [6.07, 6.45) is 1.34. The molecule has 1 fully saturated rings. The van der Waals surface area contributed by atoms with Crippen LogP contribution < -0.4 is 4.90 Å². The van der Waals surface area contributed by atoms with E-state index in [1.165, 1.54) is 7.11 Å². The first-order chi connectivity index (χ1) is 11.7. The van der Waals surface area contributed by atoms with Gasteiger partial charge in [-0.05, 0) is 36.5 Å². The van der Waals surface area contributed by atoms with Gasteiger partial charge in [0.05, 0.1) is 13.2 Å². The first-order valence-electron chi connectivity index (χ1n) is 8.09. The highest BCUT2D eigenvalue weighted by atomic mass is 16.5. The normalized spacial score (nSPS) is 16.7. The van der Waals surface area contributed by atoms with E-state index in [4.69, 9.17) is 0 Å². The molecule has 2 aromatic rings. The largest absolute Gasteiger partial charge is 0.464 e. The zero-order chi connectivity index (χ0) is 16.9. The summed E-state index contributed by atoms with van der Waals surface area (Å²) < 4.78 is 4.62. The molecule has 1 aromatic heterocycles. The minimum absolute atomic E-state index is 0.204. The number of aliphatic hydroxyl groups excluding tert-OH is 1. The van der Waals surface area contributed by atoms with Crippen LogP contribution in [0, 0.1) is 5.92 Å². The molecular formula is C18H21N3O3. The number of ether oxygens (including phenoxy) is 1. The standard InChI is InChI=1S/C18H21N3O3/c1-24-18(23)15-7-8-16(20-19-15)21-11-9-14(10-12-21)17(22)13-5-3-2-4-6-13/h2-8,14,17,22H,9-12H2,1H3/t17-/m1/s1. The van der Waals surface area contributed by atoms with Gasteiger partial charge in [-0.15, -0.1) is 10.2 Å². The van der Waals surface area contributed by atoms with E-state index >= 15 is 0 Å². The number of methoxy groups -OCH3 is 1. The number of nitrogens with zero attached hydrogens (tertiary/aromatic N) is 3. The Bertz CT molecular complexity index is 668. The minimum atomic E-state index is -0.487. The number of benzene rings is 1. The van der Waals surface area contributed by atoms with Crippen molar-refractivity contribution in [1.82, 2.24) is 10.2 Å². The van der Waals surface area contributed by atoms with Crippen LogP contribution in [0.2, 0.25) is 0 Å². The topological polar surface area (TPSA) is 75.5 Å². The molecular weight excluding hydrogens is 306 g/mol. The summed E-state index contributed by atoms with van der Waals surface area (Å²) in [5, 5.41) is 18.6. The third-order valence-electron chi connectivity index (χ3n) is 4.50. The predicted molar refractivity (Wildman–Crippen MR) is 89.7 cm³/mol. The van der Waals surface area contributed by atoms with Gasteiger partial charge in [0.1, 0.15) is 0 Å². The number of esters is 1. The summed E-state index contributed by atoms with van der Waals surface area (Å²) in [4.78, 5) is 13.5. The average Bonchev–Trinajstić information content (AvgIpc) is 2.68. The Labute approximate surface area is 141 Å². The van der Waals surface area contributed by atoms with Gasteiger partial charge in [0.2, 0.25) is 0 Å². The number of aliphatic hydroxyl groups is 1. The molecule has 0 unspecified atom stereocenters. The van der Waals surface area contributed by atoms with E-state index in [0.29, 0.717) is 0 Å². The van der Waals surface area contributed by atoms with Gasteiger partial charge in [-0.2, -0.15) is 0 Å². The van der Waals surface area contributed by atoms with Crippen LogP contribution in [0.15, 0.2) is 42.5 Å². The second-order valence-electron chi connectivity index (χ2n) is 5.95. The van der Waals surface area contributed by atoms with Crippen LogP contribution in [0.1, 0.15) is 35.0 Å². The summed E-state index contributed by atoms with van der Waals surface area (Å²) in [6, 6.07) is 13.2. The van der Waals surface area contributed by atoms with Gasteiger partial charge in [0.15, 0.2) is 11.5 Å². The van der Waals surface area contributed by atoms with E-state index in [-0.39, 0.29) is 11.6 Å². The number of hydrogen-bond donors (Lipinski definition) is 1. The molecule has 0 spiro atoms. The maximum atomic E-state index is 11.4. The quantitative estimate of drug-likeness (QED) is 0.868. The molecule has 1 aromatic carbocycles. The second kappa shape index (κ2) is 7.40. The maximum Gasteiger partial charge on any atom is 0.358 e. The van der Waals surface area contributed by atoms with E-state index in [9.17, 15) is 9.90 Å². The maximum absolute atomic E-state index is 11.4. The molecule has 6 heteroatoms. The summed E-state index contributed by atoms with van der Waals surface area (Å²) in [6.45, 7) is 1.61. The van der Waals surface area contributed by atoms with Crippen molar-refractivity contribution in [2.24, 2.45) is 5.92 Å². The van der Waals surface area contributed by atoms with E-state index in [2.05, 4.69) is 19.8 Å². The SMILES string of the molecule is COC(=O)c1ccc(N2CCC([C@H](O)c3ccccc3)CC2)nn1. The van der Waals surface area contributed by atoms with Crippen molar-refractivity contribution >= 4 is 11.8 Å². The van der Waals surface area contributed by atoms with Gasteiger partial charge in [-0.3, -0.25) is 0 Å². The summed E-state index contributed by atoms with van der Waals surface area (Å²) in [5.74, 6) is 0.500. The summed E-state index contributed by atoms with van der Waals surface area (Å²) in [5.41, 5.74) is 1.17. The molecule has 0 amide bonds. The predicted octanol–water partition coefficient (Wildman–Crippen LogP) is 2.21. The Kier molecular flexibility index (Phi) is 5.05. The van der Waals surface area contributed by atoms with Gasteiger partial charge in [-0.25, -0.2) is 4.79 Å². The van der Waals surface area contributed by atoms with Crippen LogP contribution in [-0.4, -0.2) is 41.5 Å². The first-order valence-corrected chi connectivity index (χ1v) is 8.09. The number of carbonyl (C=O) groups excluding carboxylic acids is 1. The lowest BCUT2D eigenvalue weighted by atomic mass is 9.87. The van der Waals surface area contributed by atoms with Crippen molar-refractivity contribution in [3.63, 3.8) is 0 Å². The molecule has 0 saturated carbocycles. The molecule has 1 N–H and O–H groups in total. The number of rotatable bonds is 4. The summed E-state index contributed by atoms with van der Waals surface area (Å²) >= 11 is 0. The second-order valence-corrected chi connectivity index (χ2v) is 5.95. The van der Waals surface area contributed by atoms with Gasteiger partial charge >= 0.3 is 5.97 Å². The lowest BCUT2D eigenvalue weighted by Crippen LogP contribution is -2.36. The smallest absolute Gasteiger partial charge is 0.358 e. The van der Waals surface area contributed by atoms with Gasteiger partial charge in [0, 0.05) is 13.1 Å². The number of aromatic nitrogens is 2. The molecule has 6 nitrogen and oxygen atoms in total. The van der Waals surface area contributed by atoms with E-state index in [1.807, 2.05) is 30.3 Å². The van der Waals surface area contributed by atoms with Crippen LogP contribution in [0.25, 0.3) is 0 Å². The third-order valence-corrected chi connectivity index (χ3v) is 4.50. The van der Waals surface area contributed by atoms with Crippen LogP contribution in [-0.2, 0) is 4.74 Å². The molecule has 0 bridgehead atoms. The summed E-state index contributed by atoms with van der Waals surface area (Å²) in [7, 11) is 1.32. The zero-order valence-electron chi connectivity index (χ0n) is 13.6. The molecule has 2 heterocycles. The molecule has 0 radical (unpaired) electrons. The number of hydrogen-bond acceptors (Lipinski definition) is 6. The lowest BCUT2D eigenvalue weighted by Gasteiger charge is -2.34. The zero-order valence-corrected chi connectivity index (χ0v) is 13.6. The van der Waals surface area contributed by atoms with Gasteiger partial charge in [-0.1, -0.05) is 30.3 Å². The highest BCUT2D eigenvalue weighted by molar-refractivity contribution is 5.86. The van der Waals surface area contributed by atoms with Gasteiger partial charge < -0.3 is 14.7 Å². The van der Waals surface area contributed by atoms with Crippen molar-refractivity contribution in [2.45, 2.75) is 18.9 Å². The van der Waals surface area contributed by atoms with Crippen molar-refractivity contribution in [3.8, 4) is 0 Å². The van der Waals surface area contributed by atoms with Crippen molar-refractivity contribution in [3.05, 3.63) is 53.7 Å². The molecule has 1 aliphatic rings. The Morgan fingerprint density at radius 1 is 1.17 bits per heavy atom. The van der Waals surface area contributed by atoms with Crippen LogP contribution in [0.4, 0.5) is 5.82 Å². The lowest BCUT2D eigenvalue weighted by molar-refractivity contribution is 0.0592. The third kappa shape index (κ3) is 3.54. The first kappa shape index (κ1) is 16.4. The Morgan fingerprint density at radius 2 is 1.88 bits per heavy atom. The number of anilines is 1. The number of carbonyl (C=O) groups is 1. The van der Waals surface area contributed by atoms with Crippen LogP contribution in [0.3, 0.4) is 0 Å². The van der Waals surface area contributed by atoms with Gasteiger partial charge in [0.25, 0.3) is 0 Å². The number of piperidine rings is 1. The highest BCUT2D eigenvalue weighted by Crippen LogP contribution is 2.31. The van der Waals surface area contributed by atoms with E-state index < -0.39 is 12.1 Å². The molecule has 126 valence electrons. The molecule has 1 saturated heterocycles. The van der Waals surface area contributed by atoms with Crippen molar-refractivity contribution in [1.29, 1.82) is 0 Å². The minimum Gasteiger partial charge on any atom is -0.464 e. The average molecular weight is 327 g/mol. The Hall–Kier alpha value is -2.47.